The first-order chi connectivity index (χ1) is 12.6. The molecule has 7 nitrogen and oxygen atoms in total. The third-order valence-corrected chi connectivity index (χ3v) is 4.33. The molecule has 3 rings (SSSR count). The van der Waals surface area contributed by atoms with E-state index >= 15 is 0 Å². The summed E-state index contributed by atoms with van der Waals surface area (Å²) in [7, 11) is 1.32. The number of rotatable bonds is 3. The van der Waals surface area contributed by atoms with Crippen molar-refractivity contribution in [3.63, 3.8) is 0 Å². The van der Waals surface area contributed by atoms with Crippen LogP contribution >= 0.6 is 0 Å². The van der Waals surface area contributed by atoms with Gasteiger partial charge in [0.15, 0.2) is 0 Å². The predicted molar refractivity (Wildman–Crippen MR) is 94.9 cm³/mol. The Morgan fingerprint density at radius 3 is 2.35 bits per heavy atom. The smallest absolute Gasteiger partial charge is 0.337 e. The maximum atomic E-state index is 12.6. The molecule has 0 unspecified atom stereocenters. The van der Waals surface area contributed by atoms with Gasteiger partial charge in [0, 0.05) is 37.9 Å². The molecule has 2 aromatic rings. The minimum Gasteiger partial charge on any atom is -0.465 e. The molecule has 0 N–H and O–H groups in total. The van der Waals surface area contributed by atoms with Gasteiger partial charge in [-0.3, -0.25) is 4.79 Å². The number of methoxy groups -OCH3 is 1. The van der Waals surface area contributed by atoms with Crippen LogP contribution in [0.5, 0.6) is 0 Å². The quantitative estimate of drug-likeness (QED) is 0.783. The summed E-state index contributed by atoms with van der Waals surface area (Å²) in [6.07, 6.45) is 1.66. The van der Waals surface area contributed by atoms with Crippen molar-refractivity contribution < 1.29 is 14.3 Å². The molecule has 1 saturated heterocycles. The zero-order chi connectivity index (χ0) is 18.5. The molecule has 7 heteroatoms. The summed E-state index contributed by atoms with van der Waals surface area (Å²) >= 11 is 0. The molecule has 1 aromatic heterocycles. The van der Waals surface area contributed by atoms with Gasteiger partial charge in [0.05, 0.1) is 18.2 Å². The summed E-state index contributed by atoms with van der Waals surface area (Å²) in [5.74, 6) is 0.147. The molecular weight excluding hydrogens is 332 g/mol. The van der Waals surface area contributed by atoms with Crippen molar-refractivity contribution in [2.45, 2.75) is 0 Å². The van der Waals surface area contributed by atoms with Gasteiger partial charge in [0.25, 0.3) is 5.91 Å². The Labute approximate surface area is 151 Å². The number of carbonyl (C=O) groups excluding carboxylic acids is 2. The fraction of sp³-hybridized carbons (Fsp3) is 0.263. The summed E-state index contributed by atoms with van der Waals surface area (Å²) in [4.78, 5) is 32.2. The van der Waals surface area contributed by atoms with Crippen LogP contribution in [0.25, 0.3) is 0 Å². The molecule has 132 valence electrons. The Bertz CT molecular complexity index is 850. The van der Waals surface area contributed by atoms with E-state index in [1.807, 2.05) is 4.90 Å². The molecule has 1 aromatic carbocycles. The number of ether oxygens (including phenoxy) is 1. The molecule has 0 atom stereocenters. The van der Waals surface area contributed by atoms with Crippen molar-refractivity contribution in [1.82, 2.24) is 9.88 Å². The number of nitrogens with zero attached hydrogens (tertiary/aromatic N) is 4. The third kappa shape index (κ3) is 3.49. The van der Waals surface area contributed by atoms with Gasteiger partial charge in [-0.25, -0.2) is 9.78 Å². The number of benzene rings is 1. The molecular formula is C19H18N4O3. The largest absolute Gasteiger partial charge is 0.465 e. The molecule has 0 radical (unpaired) electrons. The third-order valence-electron chi connectivity index (χ3n) is 4.33. The van der Waals surface area contributed by atoms with Crippen LogP contribution < -0.4 is 4.90 Å². The number of nitriles is 1. The summed E-state index contributed by atoms with van der Waals surface area (Å²) in [5, 5.41) is 9.20. The first-order valence-electron chi connectivity index (χ1n) is 8.21. The monoisotopic (exact) mass is 350 g/mol. The van der Waals surface area contributed by atoms with E-state index in [0.29, 0.717) is 48.7 Å². The number of piperazine rings is 1. The summed E-state index contributed by atoms with van der Waals surface area (Å²) in [6, 6.07) is 12.1. The normalized spacial score (nSPS) is 13.8. The standard InChI is InChI=1S/C19H18N4O3/c1-26-19(25)15-6-4-14(5-7-15)18(24)23-11-9-22(10-12-23)17-16(13-20)3-2-8-21-17/h2-8H,9-12H2,1H3. The van der Waals surface area contributed by atoms with Crippen LogP contribution in [-0.4, -0.2) is 55.0 Å². The second kappa shape index (κ2) is 7.66. The van der Waals surface area contributed by atoms with Gasteiger partial charge in [-0.1, -0.05) is 0 Å². The number of esters is 1. The van der Waals surface area contributed by atoms with Gasteiger partial charge >= 0.3 is 5.97 Å². The molecule has 0 spiro atoms. The Morgan fingerprint density at radius 1 is 1.08 bits per heavy atom. The second-order valence-electron chi connectivity index (χ2n) is 5.83. The minimum absolute atomic E-state index is 0.0809. The van der Waals surface area contributed by atoms with Crippen molar-refractivity contribution in [2.24, 2.45) is 0 Å². The first kappa shape index (κ1) is 17.4. The fourth-order valence-electron chi connectivity index (χ4n) is 2.91. The Balaban J connectivity index is 1.65. The van der Waals surface area contributed by atoms with Crippen LogP contribution in [0.4, 0.5) is 5.82 Å². The van der Waals surface area contributed by atoms with Gasteiger partial charge in [-0.2, -0.15) is 5.26 Å². The lowest BCUT2D eigenvalue weighted by Gasteiger charge is -2.35. The molecule has 2 heterocycles. The predicted octanol–water partition coefficient (Wildman–Crippen LogP) is 1.70. The zero-order valence-corrected chi connectivity index (χ0v) is 14.4. The van der Waals surface area contributed by atoms with Crippen molar-refractivity contribution in [3.05, 3.63) is 59.3 Å². The highest BCUT2D eigenvalue weighted by molar-refractivity contribution is 5.96. The Morgan fingerprint density at radius 2 is 1.73 bits per heavy atom. The second-order valence-corrected chi connectivity index (χ2v) is 5.83. The first-order valence-corrected chi connectivity index (χ1v) is 8.21. The number of pyridine rings is 1. The van der Waals surface area contributed by atoms with Crippen LogP contribution in [0.2, 0.25) is 0 Å². The zero-order valence-electron chi connectivity index (χ0n) is 14.4. The van der Waals surface area contributed by atoms with E-state index in [4.69, 9.17) is 0 Å². The Kier molecular flexibility index (Phi) is 5.13. The van der Waals surface area contributed by atoms with Gasteiger partial charge in [0.1, 0.15) is 11.9 Å². The molecule has 0 bridgehead atoms. The van der Waals surface area contributed by atoms with E-state index in [0.717, 1.165) is 0 Å². The fourth-order valence-corrected chi connectivity index (χ4v) is 2.91. The summed E-state index contributed by atoms with van der Waals surface area (Å²) in [6.45, 7) is 2.30. The van der Waals surface area contributed by atoms with Gasteiger partial charge in [-0.15, -0.1) is 0 Å². The van der Waals surface area contributed by atoms with E-state index in [9.17, 15) is 14.9 Å². The van der Waals surface area contributed by atoms with Crippen LogP contribution in [0.3, 0.4) is 0 Å². The summed E-state index contributed by atoms with van der Waals surface area (Å²) in [5.41, 5.74) is 1.47. The van der Waals surface area contributed by atoms with E-state index in [1.54, 1.807) is 47.5 Å². The molecule has 1 aliphatic rings. The van der Waals surface area contributed by atoms with Crippen molar-refractivity contribution in [1.29, 1.82) is 5.26 Å². The average molecular weight is 350 g/mol. The van der Waals surface area contributed by atoms with E-state index in [1.165, 1.54) is 7.11 Å². The van der Waals surface area contributed by atoms with E-state index in [2.05, 4.69) is 15.8 Å². The number of aromatic nitrogens is 1. The van der Waals surface area contributed by atoms with E-state index in [-0.39, 0.29) is 5.91 Å². The molecule has 1 fully saturated rings. The van der Waals surface area contributed by atoms with Crippen molar-refractivity contribution in [2.75, 3.05) is 38.2 Å². The van der Waals surface area contributed by atoms with Crippen LogP contribution in [0, 0.1) is 11.3 Å². The molecule has 0 saturated carbocycles. The number of anilines is 1. The summed E-state index contributed by atoms with van der Waals surface area (Å²) < 4.78 is 4.66. The van der Waals surface area contributed by atoms with Crippen LogP contribution in [0.1, 0.15) is 26.3 Å². The number of carbonyl (C=O) groups is 2. The lowest BCUT2D eigenvalue weighted by molar-refractivity contribution is 0.0599. The molecule has 1 aliphatic heterocycles. The highest BCUT2D eigenvalue weighted by atomic mass is 16.5. The molecule has 26 heavy (non-hydrogen) atoms. The highest BCUT2D eigenvalue weighted by Gasteiger charge is 2.24. The minimum atomic E-state index is -0.429. The topological polar surface area (TPSA) is 86.5 Å². The SMILES string of the molecule is COC(=O)c1ccc(C(=O)N2CCN(c3ncccc3C#N)CC2)cc1. The average Bonchev–Trinajstić information content (AvgIpc) is 2.73. The molecule has 0 aliphatic carbocycles. The lowest BCUT2D eigenvalue weighted by Crippen LogP contribution is -2.49. The maximum Gasteiger partial charge on any atom is 0.337 e. The van der Waals surface area contributed by atoms with Gasteiger partial charge in [0.2, 0.25) is 0 Å². The van der Waals surface area contributed by atoms with Crippen LogP contribution in [-0.2, 0) is 4.74 Å². The number of hydrogen-bond acceptors (Lipinski definition) is 6. The molecule has 1 amide bonds. The maximum absolute atomic E-state index is 12.6. The van der Waals surface area contributed by atoms with Crippen molar-refractivity contribution >= 4 is 17.7 Å². The van der Waals surface area contributed by atoms with E-state index < -0.39 is 5.97 Å². The highest BCUT2D eigenvalue weighted by Crippen LogP contribution is 2.19. The van der Waals surface area contributed by atoms with Gasteiger partial charge < -0.3 is 14.5 Å². The Hall–Kier alpha value is -3.40. The number of amides is 1. The lowest BCUT2D eigenvalue weighted by atomic mass is 10.1. The van der Waals surface area contributed by atoms with Crippen molar-refractivity contribution in [3.8, 4) is 6.07 Å². The van der Waals surface area contributed by atoms with Crippen LogP contribution in [0.15, 0.2) is 42.6 Å². The number of hydrogen-bond donors (Lipinski definition) is 0. The van der Waals surface area contributed by atoms with Gasteiger partial charge in [-0.05, 0) is 36.4 Å².